The van der Waals surface area contributed by atoms with Crippen LogP contribution in [0.4, 0.5) is 0 Å². The molecule has 4 heteroatoms. The molecular weight excluding hydrogens is 705 g/mol. The summed E-state index contributed by atoms with van der Waals surface area (Å²) < 4.78 is 2.52. The lowest BCUT2D eigenvalue weighted by Gasteiger charge is -2.20. The van der Waals surface area contributed by atoms with Crippen molar-refractivity contribution in [1.82, 2.24) is 20.1 Å². The van der Waals surface area contributed by atoms with Crippen LogP contribution >= 0.6 is 0 Å². The molecule has 0 spiro atoms. The van der Waals surface area contributed by atoms with E-state index in [2.05, 4.69) is 195 Å². The maximum absolute atomic E-state index is 4.39. The molecule has 4 nitrogen and oxygen atoms in total. The third kappa shape index (κ3) is 12.4. The van der Waals surface area contributed by atoms with Gasteiger partial charge in [-0.1, -0.05) is 167 Å². The minimum Gasteiger partial charge on any atom is -0.387 e. The molecule has 0 unspecified atom stereocenters. The summed E-state index contributed by atoms with van der Waals surface area (Å²) in [5, 5.41) is 7.85. The average Bonchev–Trinajstić information content (AvgIpc) is 3.59. The van der Waals surface area contributed by atoms with Crippen LogP contribution in [0.15, 0.2) is 200 Å². The lowest BCUT2D eigenvalue weighted by molar-refractivity contribution is 0.422. The Bertz CT molecular complexity index is 2240. The largest absolute Gasteiger partial charge is 0.387 e. The fourth-order valence-corrected chi connectivity index (χ4v) is 6.99. The SMILES string of the molecule is C=C(\C=C/C(=C\C)C(=C/C=C\C)/Cn1c2c(c3cccc(-c4cccc(C)c4)c31)C=CNC2)N(C)CCCc1ccccc1.C=C/C=C\C(=C)C1=CCNC=C1.CC. The molecule has 0 amide bonds. The molecule has 0 radical (unpaired) electrons. The van der Waals surface area contributed by atoms with Crippen molar-refractivity contribution in [1.29, 1.82) is 0 Å². The van der Waals surface area contributed by atoms with Crippen molar-refractivity contribution >= 4 is 17.0 Å². The van der Waals surface area contributed by atoms with E-state index in [1.54, 1.807) is 6.08 Å². The molecule has 3 aromatic carbocycles. The number of dihydropyridines is 1. The van der Waals surface area contributed by atoms with Crippen molar-refractivity contribution < 1.29 is 0 Å². The molecule has 2 aliphatic rings. The predicted molar refractivity (Wildman–Crippen MR) is 255 cm³/mol. The Morgan fingerprint density at radius 2 is 1.66 bits per heavy atom. The number of para-hydroxylation sites is 1. The van der Waals surface area contributed by atoms with Gasteiger partial charge in [0.2, 0.25) is 0 Å². The number of hydrogen-bond donors (Lipinski definition) is 2. The van der Waals surface area contributed by atoms with Crippen molar-refractivity contribution in [2.45, 2.75) is 60.5 Å². The molecule has 2 aliphatic heterocycles. The zero-order valence-corrected chi connectivity index (χ0v) is 35.8. The summed E-state index contributed by atoms with van der Waals surface area (Å²) in [6, 6.07) is 26.3. The van der Waals surface area contributed by atoms with Gasteiger partial charge in [-0.15, -0.1) is 0 Å². The monoisotopic (exact) mass is 769 g/mol. The van der Waals surface area contributed by atoms with E-state index < -0.39 is 0 Å². The number of nitrogens with one attached hydrogen (secondary N) is 2. The first-order chi connectivity index (χ1) is 28.3. The Morgan fingerprint density at radius 1 is 0.879 bits per heavy atom. The van der Waals surface area contributed by atoms with Gasteiger partial charge >= 0.3 is 0 Å². The molecule has 0 bridgehead atoms. The standard InChI is InChI=1S/C41H45N3.C11H13N.C2H6/c1-6-8-19-36(34(7-2)24-23-32(4)43(5)27-14-18-33-16-10-9-11-17-33)30-44-40-29-42-26-25-38(40)39-22-13-21-37(41(39)44)35-20-12-15-31(3)28-35;1-3-4-5-10(2)11-6-8-12-9-7-11;1-2/h6-13,15-17,19-26,28,42H,4,14,18,27,29-30H2,1-3,5H3;3-8,12H,1-2,9H2;1-2H3/b8-6-,24-23-,34-7+,36-19+;5-4-;. The molecule has 58 heavy (non-hydrogen) atoms. The van der Waals surface area contributed by atoms with E-state index in [0.29, 0.717) is 0 Å². The van der Waals surface area contributed by atoms with Gasteiger partial charge in [-0.2, -0.15) is 0 Å². The number of rotatable bonds is 15. The van der Waals surface area contributed by atoms with Gasteiger partial charge in [0.15, 0.2) is 0 Å². The minimum atomic E-state index is 0.762. The molecule has 0 aliphatic carbocycles. The van der Waals surface area contributed by atoms with Crippen LogP contribution < -0.4 is 10.6 Å². The smallest absolute Gasteiger partial charge is 0.0572 e. The van der Waals surface area contributed by atoms with Crippen LogP contribution in [0.3, 0.4) is 0 Å². The minimum absolute atomic E-state index is 0.762. The number of fused-ring (bicyclic) bond motifs is 3. The second-order valence-corrected chi connectivity index (χ2v) is 14.1. The van der Waals surface area contributed by atoms with Crippen molar-refractivity contribution in [2.24, 2.45) is 0 Å². The van der Waals surface area contributed by atoms with E-state index in [4.69, 9.17) is 0 Å². The van der Waals surface area contributed by atoms with E-state index >= 15 is 0 Å². The van der Waals surface area contributed by atoms with Gasteiger partial charge in [0.05, 0.1) is 12.1 Å². The first kappa shape index (κ1) is 44.5. The molecule has 4 aromatic rings. The summed E-state index contributed by atoms with van der Waals surface area (Å²) in [6.45, 7) is 25.7. The molecule has 0 saturated heterocycles. The van der Waals surface area contributed by atoms with Crippen LogP contribution in [0.25, 0.3) is 28.1 Å². The number of hydrogen-bond acceptors (Lipinski definition) is 3. The summed E-state index contributed by atoms with van der Waals surface area (Å²) in [4.78, 5) is 2.25. The fraction of sp³-hybridized carbons (Fsp3) is 0.222. The summed E-state index contributed by atoms with van der Waals surface area (Å²) in [6.07, 6.45) is 31.2. The normalized spacial score (nSPS) is 13.6. The number of likely N-dealkylation sites (N-methyl/N-ethyl adjacent to an activating group) is 1. The van der Waals surface area contributed by atoms with Crippen LogP contribution in [-0.2, 0) is 19.5 Å². The Kier molecular flexibility index (Phi) is 18.2. The van der Waals surface area contributed by atoms with Gasteiger partial charge in [0.25, 0.3) is 0 Å². The molecular formula is C54H64N4. The van der Waals surface area contributed by atoms with Gasteiger partial charge in [-0.3, -0.25) is 0 Å². The van der Waals surface area contributed by atoms with Gasteiger partial charge in [-0.25, -0.2) is 0 Å². The van der Waals surface area contributed by atoms with Crippen molar-refractivity contribution in [3.8, 4) is 11.1 Å². The summed E-state index contributed by atoms with van der Waals surface area (Å²) in [5.74, 6) is 0. The highest BCUT2D eigenvalue weighted by Crippen LogP contribution is 2.37. The van der Waals surface area contributed by atoms with Crippen LogP contribution in [0, 0.1) is 6.92 Å². The first-order valence-corrected chi connectivity index (χ1v) is 20.6. The van der Waals surface area contributed by atoms with Gasteiger partial charge in [0.1, 0.15) is 0 Å². The number of benzene rings is 3. The zero-order chi connectivity index (χ0) is 41.7. The lowest BCUT2D eigenvalue weighted by atomic mass is 9.99. The quantitative estimate of drug-likeness (QED) is 0.118. The van der Waals surface area contributed by atoms with Crippen LogP contribution in [0.5, 0.6) is 0 Å². The third-order valence-electron chi connectivity index (χ3n) is 10.1. The highest BCUT2D eigenvalue weighted by molar-refractivity contribution is 6.01. The first-order valence-electron chi connectivity index (χ1n) is 20.6. The van der Waals surface area contributed by atoms with Crippen molar-refractivity contribution in [3.63, 3.8) is 0 Å². The van der Waals surface area contributed by atoms with E-state index in [1.807, 2.05) is 38.3 Å². The van der Waals surface area contributed by atoms with Crippen LogP contribution in [0.2, 0.25) is 0 Å². The molecule has 2 N–H and O–H groups in total. The van der Waals surface area contributed by atoms with Crippen molar-refractivity contribution in [2.75, 3.05) is 20.1 Å². The Labute approximate surface area is 349 Å². The van der Waals surface area contributed by atoms with E-state index in [1.165, 1.54) is 61.1 Å². The lowest BCUT2D eigenvalue weighted by Crippen LogP contribution is -2.18. The molecule has 0 fully saturated rings. The predicted octanol–water partition coefficient (Wildman–Crippen LogP) is 13.1. The topological polar surface area (TPSA) is 32.2 Å². The second kappa shape index (κ2) is 23.7. The van der Waals surface area contributed by atoms with Crippen molar-refractivity contribution in [3.05, 3.63) is 222 Å². The highest BCUT2D eigenvalue weighted by Gasteiger charge is 2.21. The average molecular weight is 769 g/mol. The maximum atomic E-state index is 4.39. The van der Waals surface area contributed by atoms with Crippen LogP contribution in [-0.4, -0.2) is 29.6 Å². The fourth-order valence-electron chi connectivity index (χ4n) is 6.99. The molecule has 0 saturated carbocycles. The van der Waals surface area contributed by atoms with E-state index in [-0.39, 0.29) is 0 Å². The Balaban J connectivity index is 0.000000452. The third-order valence-corrected chi connectivity index (χ3v) is 10.1. The molecule has 300 valence electrons. The molecule has 3 heterocycles. The number of aryl methyl sites for hydroxylation is 2. The van der Waals surface area contributed by atoms with Gasteiger partial charge in [0, 0.05) is 54.6 Å². The maximum Gasteiger partial charge on any atom is 0.0572 e. The number of aromatic nitrogens is 1. The summed E-state index contributed by atoms with van der Waals surface area (Å²) in [7, 11) is 2.13. The van der Waals surface area contributed by atoms with E-state index in [0.717, 1.165) is 50.3 Å². The van der Waals surface area contributed by atoms with Gasteiger partial charge in [-0.05, 0) is 97.7 Å². The zero-order valence-electron chi connectivity index (χ0n) is 35.8. The Hall–Kier alpha value is -6.26. The second-order valence-electron chi connectivity index (χ2n) is 14.1. The molecule has 1 aromatic heterocycles. The number of nitrogens with zero attached hydrogens (tertiary/aromatic N) is 2. The Morgan fingerprint density at radius 3 is 2.36 bits per heavy atom. The highest BCUT2D eigenvalue weighted by atomic mass is 15.1. The van der Waals surface area contributed by atoms with E-state index in [9.17, 15) is 0 Å². The molecule has 6 rings (SSSR count). The summed E-state index contributed by atoms with van der Waals surface area (Å²) >= 11 is 0. The van der Waals surface area contributed by atoms with Gasteiger partial charge < -0.3 is 20.1 Å². The summed E-state index contributed by atoms with van der Waals surface area (Å²) in [5.41, 5.74) is 14.7. The van der Waals surface area contributed by atoms with Crippen LogP contribution in [0.1, 0.15) is 56.5 Å². The molecule has 0 atom stereocenters. The number of allylic oxidation sites excluding steroid dienone is 14.